The molecule has 0 amide bonds. The molecule has 13 heteroatoms. The second kappa shape index (κ2) is 10.4. The van der Waals surface area contributed by atoms with Crippen LogP contribution in [0.3, 0.4) is 0 Å². The first-order valence-corrected chi connectivity index (χ1v) is 15.8. The third kappa shape index (κ3) is 4.62. The van der Waals surface area contributed by atoms with Crippen molar-refractivity contribution in [3.63, 3.8) is 0 Å². The third-order valence-corrected chi connectivity index (χ3v) is 11.1. The molecule has 3 atom stereocenters. The summed E-state index contributed by atoms with van der Waals surface area (Å²) in [7, 11) is 1.92. The Balaban J connectivity index is 1.19. The highest BCUT2D eigenvalue weighted by Gasteiger charge is 2.51. The van der Waals surface area contributed by atoms with Crippen LogP contribution < -0.4 is 26.0 Å². The molecule has 1 spiro atoms. The van der Waals surface area contributed by atoms with E-state index in [0.717, 1.165) is 49.8 Å². The number of rotatable bonds is 7. The van der Waals surface area contributed by atoms with Gasteiger partial charge in [0, 0.05) is 55.2 Å². The van der Waals surface area contributed by atoms with Crippen molar-refractivity contribution in [3.05, 3.63) is 39.9 Å². The topological polar surface area (TPSA) is 146 Å². The molecule has 0 unspecified atom stereocenters. The van der Waals surface area contributed by atoms with E-state index in [1.54, 1.807) is 17.5 Å². The summed E-state index contributed by atoms with van der Waals surface area (Å²) >= 11 is 1.55. The maximum atomic E-state index is 14.4. The number of fused-ring (bicyclic) bond motifs is 3. The Morgan fingerprint density at radius 3 is 2.88 bits per heavy atom. The maximum Gasteiger partial charge on any atom is 0.323 e. The molecular weight excluding hydrogens is 567 g/mol. The number of halogens is 1. The molecule has 226 valence electrons. The minimum atomic E-state index is -0.840. The summed E-state index contributed by atoms with van der Waals surface area (Å²) in [6.45, 7) is 5.07. The molecule has 4 aliphatic rings. The molecule has 0 radical (unpaired) electrons. The Morgan fingerprint density at radius 1 is 1.26 bits per heavy atom. The highest BCUT2D eigenvalue weighted by Crippen LogP contribution is 2.51. The minimum absolute atomic E-state index is 0.146. The van der Waals surface area contributed by atoms with Gasteiger partial charge in [0.15, 0.2) is 0 Å². The van der Waals surface area contributed by atoms with Crippen LogP contribution in [0.15, 0.2) is 18.3 Å². The van der Waals surface area contributed by atoms with Crippen LogP contribution in [0.1, 0.15) is 66.6 Å². The van der Waals surface area contributed by atoms with E-state index in [1.165, 1.54) is 4.88 Å². The van der Waals surface area contributed by atoms with Gasteiger partial charge in [-0.2, -0.15) is 20.2 Å². The van der Waals surface area contributed by atoms with Crippen LogP contribution in [0.5, 0.6) is 6.01 Å². The number of ether oxygens (including phenoxy) is 1. The molecule has 3 saturated heterocycles. The van der Waals surface area contributed by atoms with Crippen LogP contribution in [0.4, 0.5) is 27.1 Å². The fourth-order valence-corrected chi connectivity index (χ4v) is 8.89. The van der Waals surface area contributed by atoms with Gasteiger partial charge in [0.25, 0.3) is 0 Å². The number of nitrogens with two attached hydrogens (primary N) is 2. The number of nitriles is 1. The van der Waals surface area contributed by atoms with Crippen molar-refractivity contribution < 1.29 is 9.13 Å². The maximum absolute atomic E-state index is 14.4. The van der Waals surface area contributed by atoms with Gasteiger partial charge in [-0.3, -0.25) is 4.90 Å². The van der Waals surface area contributed by atoms with E-state index in [1.807, 2.05) is 31.0 Å². The number of aryl methyl sites for hydroxylation is 1. The first kappa shape index (κ1) is 28.0. The predicted octanol–water partition coefficient (Wildman–Crippen LogP) is 3.61. The summed E-state index contributed by atoms with van der Waals surface area (Å²) in [5.74, 6) is 1.43. The van der Waals surface area contributed by atoms with Crippen LogP contribution in [0.25, 0.3) is 0 Å². The van der Waals surface area contributed by atoms with E-state index < -0.39 is 6.17 Å². The molecule has 0 saturated carbocycles. The van der Waals surface area contributed by atoms with Gasteiger partial charge < -0.3 is 26.0 Å². The van der Waals surface area contributed by atoms with Gasteiger partial charge in [0.2, 0.25) is 11.9 Å². The zero-order chi connectivity index (χ0) is 29.9. The van der Waals surface area contributed by atoms with Gasteiger partial charge in [-0.1, -0.05) is 6.07 Å². The van der Waals surface area contributed by atoms with Gasteiger partial charge in [0.1, 0.15) is 29.7 Å². The second-order valence-electron chi connectivity index (χ2n) is 12.6. The molecule has 3 aromatic heterocycles. The van der Waals surface area contributed by atoms with Crippen molar-refractivity contribution >= 4 is 34.1 Å². The Morgan fingerprint density at radius 2 is 2.09 bits per heavy atom. The van der Waals surface area contributed by atoms with Gasteiger partial charge in [-0.15, -0.1) is 11.3 Å². The smallest absolute Gasteiger partial charge is 0.323 e. The normalized spacial score (nSPS) is 24.7. The fraction of sp³-hybridized carbons (Fsp3) is 0.567. The van der Waals surface area contributed by atoms with Crippen molar-refractivity contribution in [3.8, 4) is 12.1 Å². The van der Waals surface area contributed by atoms with Crippen molar-refractivity contribution in [1.82, 2.24) is 24.8 Å². The number of alkyl halides is 1. The highest BCUT2D eigenvalue weighted by atomic mass is 32.1. The molecule has 43 heavy (non-hydrogen) atoms. The van der Waals surface area contributed by atoms with E-state index in [0.29, 0.717) is 60.9 Å². The number of aromatic nitrogens is 4. The van der Waals surface area contributed by atoms with Gasteiger partial charge in [-0.25, -0.2) is 9.37 Å². The highest BCUT2D eigenvalue weighted by molar-refractivity contribution is 7.16. The number of hydrogen-bond donors (Lipinski definition) is 2. The van der Waals surface area contributed by atoms with Crippen LogP contribution in [-0.2, 0) is 11.8 Å². The zero-order valence-electron chi connectivity index (χ0n) is 24.6. The molecule has 3 aromatic rings. The van der Waals surface area contributed by atoms with E-state index in [9.17, 15) is 9.65 Å². The Labute approximate surface area is 254 Å². The summed E-state index contributed by atoms with van der Waals surface area (Å²) in [5, 5.41) is 10.5. The van der Waals surface area contributed by atoms with Crippen molar-refractivity contribution in [2.24, 2.45) is 0 Å². The van der Waals surface area contributed by atoms with E-state index in [4.69, 9.17) is 31.2 Å². The fourth-order valence-electron chi connectivity index (χ4n) is 7.71. The Bertz CT molecular complexity index is 1590. The lowest BCUT2D eigenvalue weighted by Gasteiger charge is -2.52. The standard InChI is InChI=1S/C30H37FN10OS/c1-18(20-6-4-10-35-24(20)33)39(2)26-36-27(38-28(37-26)42-17-30-9-5-11-41(30)14-19(31)12-30)40-15-29(16-40)8-3-7-22-23(29)21(13-32)25(34)43-22/h4,6,10,18-19H,3,5,7-9,11-12,14-17,34H2,1-2H3,(H2,33,35)/t18-,19-,30+/m1/s1. The van der Waals surface area contributed by atoms with E-state index >= 15 is 0 Å². The van der Waals surface area contributed by atoms with Crippen molar-refractivity contribution in [1.29, 1.82) is 5.26 Å². The summed E-state index contributed by atoms with van der Waals surface area (Å²) in [6, 6.07) is 6.23. The number of nitrogens with zero attached hydrogens (tertiary/aromatic N) is 8. The first-order chi connectivity index (χ1) is 20.7. The number of nitrogen functional groups attached to an aromatic ring is 2. The number of pyridine rings is 1. The van der Waals surface area contributed by atoms with Crippen molar-refractivity contribution in [2.45, 2.75) is 68.6 Å². The molecule has 4 N–H and O–H groups in total. The SMILES string of the molecule is C[C@H](c1cccnc1N)N(C)c1nc(OC[C@@]23CCCN2C[C@H](F)C3)nc(N2CC3(CCCc4sc(N)c(C#N)c43)C2)n1. The average Bonchev–Trinajstić information content (AvgIpc) is 3.62. The summed E-state index contributed by atoms with van der Waals surface area (Å²) in [4.78, 5) is 26.2. The number of hydrogen-bond acceptors (Lipinski definition) is 12. The van der Waals surface area contributed by atoms with E-state index in [-0.39, 0.29) is 23.0 Å². The predicted molar refractivity (Wildman–Crippen MR) is 164 cm³/mol. The quantitative estimate of drug-likeness (QED) is 0.408. The molecule has 3 aliphatic heterocycles. The van der Waals surface area contributed by atoms with Gasteiger partial charge >= 0.3 is 6.01 Å². The summed E-state index contributed by atoms with van der Waals surface area (Å²) in [5.41, 5.74) is 14.6. The van der Waals surface area contributed by atoms with Gasteiger partial charge in [-0.05, 0) is 57.2 Å². The lowest BCUT2D eigenvalue weighted by molar-refractivity contribution is 0.107. The Kier molecular flexibility index (Phi) is 6.81. The molecule has 0 aromatic carbocycles. The lowest BCUT2D eigenvalue weighted by Crippen LogP contribution is -2.61. The molecule has 11 nitrogen and oxygen atoms in total. The monoisotopic (exact) mass is 604 g/mol. The minimum Gasteiger partial charge on any atom is -0.461 e. The molecule has 1 aliphatic carbocycles. The van der Waals surface area contributed by atoms with Crippen LogP contribution >= 0.6 is 11.3 Å². The molecular formula is C30H37FN10OS. The third-order valence-electron chi connectivity index (χ3n) is 10.0. The number of anilines is 4. The average molecular weight is 605 g/mol. The zero-order valence-corrected chi connectivity index (χ0v) is 25.4. The molecule has 3 fully saturated rings. The summed E-state index contributed by atoms with van der Waals surface area (Å²) in [6.07, 6.45) is 6.24. The molecule has 0 bridgehead atoms. The van der Waals surface area contributed by atoms with Gasteiger partial charge in [0.05, 0.1) is 17.1 Å². The summed E-state index contributed by atoms with van der Waals surface area (Å²) < 4.78 is 20.7. The second-order valence-corrected chi connectivity index (χ2v) is 13.7. The molecule has 6 heterocycles. The number of thiophene rings is 1. The van der Waals surface area contributed by atoms with Crippen LogP contribution in [0.2, 0.25) is 0 Å². The van der Waals surface area contributed by atoms with Crippen LogP contribution in [-0.4, -0.2) is 76.4 Å². The van der Waals surface area contributed by atoms with Crippen LogP contribution in [0, 0.1) is 11.3 Å². The van der Waals surface area contributed by atoms with E-state index in [2.05, 4.69) is 20.9 Å². The Hall–Kier alpha value is -3.76. The first-order valence-electron chi connectivity index (χ1n) is 15.0. The van der Waals surface area contributed by atoms with Crippen molar-refractivity contribution in [2.75, 3.05) is 61.1 Å². The lowest BCUT2D eigenvalue weighted by atomic mass is 9.66. The molecule has 7 rings (SSSR count). The largest absolute Gasteiger partial charge is 0.461 e.